The molecule has 0 saturated heterocycles. The molecule has 0 radical (unpaired) electrons. The van der Waals surface area contributed by atoms with Crippen LogP contribution >= 0.6 is 0 Å². The van der Waals surface area contributed by atoms with Crippen LogP contribution in [0.25, 0.3) is 76.9 Å². The van der Waals surface area contributed by atoms with Gasteiger partial charge in [0.2, 0.25) is 0 Å². The first-order valence-corrected chi connectivity index (χ1v) is 18.2. The van der Waals surface area contributed by atoms with E-state index in [1.54, 1.807) is 0 Å². The van der Waals surface area contributed by atoms with Gasteiger partial charge in [-0.1, -0.05) is 170 Å². The smallest absolute Gasteiger partial charge is 0.0972 e. The van der Waals surface area contributed by atoms with Crippen molar-refractivity contribution in [3.05, 3.63) is 217 Å². The van der Waals surface area contributed by atoms with Crippen LogP contribution in [0.5, 0.6) is 0 Å². The third kappa shape index (κ3) is 4.33. The second-order valence-corrected chi connectivity index (χ2v) is 14.1. The standard InChI is InChI=1S/C51H32N2/c1-3-13-38(14-4-1)51(39-15-5-2-6-16-39)45-20-10-9-18-41(45)43-29-27-37-32-44(40-17-7-8-19-42(40)47(37)48(43)51)33-21-23-34(24-22-33)46-30-28-36-26-25-35-12-11-31-52-49(35)50(36)53-46/h1-32H. The molecule has 1 aliphatic rings. The SMILES string of the molecule is c1ccc(C2(c3ccccc3)c3ccccc3-c3ccc4cc(-c5ccc(-c6ccc7ccc8cccnc8c7n6)cc5)c5ccccc5c4c32)cc1. The summed E-state index contributed by atoms with van der Waals surface area (Å²) in [5, 5.41) is 7.25. The predicted molar refractivity (Wildman–Crippen MR) is 220 cm³/mol. The van der Waals surface area contributed by atoms with Crippen LogP contribution in [0.2, 0.25) is 0 Å². The van der Waals surface area contributed by atoms with Crippen molar-refractivity contribution in [2.45, 2.75) is 5.41 Å². The van der Waals surface area contributed by atoms with E-state index < -0.39 is 5.41 Å². The predicted octanol–water partition coefficient (Wildman–Crippen LogP) is 12.8. The molecule has 0 spiro atoms. The minimum absolute atomic E-state index is 0.479. The van der Waals surface area contributed by atoms with Crippen LogP contribution in [-0.4, -0.2) is 9.97 Å². The Morgan fingerprint density at radius 3 is 1.79 bits per heavy atom. The molecule has 0 unspecified atom stereocenters. The van der Waals surface area contributed by atoms with E-state index in [0.29, 0.717) is 0 Å². The van der Waals surface area contributed by atoms with E-state index in [0.717, 1.165) is 33.1 Å². The first-order valence-electron chi connectivity index (χ1n) is 18.2. The van der Waals surface area contributed by atoms with Gasteiger partial charge in [-0.3, -0.25) is 4.98 Å². The number of fused-ring (bicyclic) bond motifs is 10. The van der Waals surface area contributed by atoms with Crippen molar-refractivity contribution in [1.82, 2.24) is 9.97 Å². The summed E-state index contributed by atoms with van der Waals surface area (Å²) in [5.41, 5.74) is 13.7. The van der Waals surface area contributed by atoms with Crippen molar-refractivity contribution in [3.8, 4) is 33.5 Å². The minimum atomic E-state index is -0.479. The summed E-state index contributed by atoms with van der Waals surface area (Å²) >= 11 is 0. The van der Waals surface area contributed by atoms with Gasteiger partial charge in [0.15, 0.2) is 0 Å². The van der Waals surface area contributed by atoms with Crippen LogP contribution < -0.4 is 0 Å². The molecule has 11 rings (SSSR count). The number of nitrogens with zero attached hydrogens (tertiary/aromatic N) is 2. The van der Waals surface area contributed by atoms with Gasteiger partial charge in [-0.2, -0.15) is 0 Å². The Morgan fingerprint density at radius 1 is 0.396 bits per heavy atom. The van der Waals surface area contributed by atoms with Crippen molar-refractivity contribution < 1.29 is 0 Å². The molecule has 0 atom stereocenters. The highest BCUT2D eigenvalue weighted by molar-refractivity contribution is 6.18. The van der Waals surface area contributed by atoms with Gasteiger partial charge in [0.25, 0.3) is 0 Å². The third-order valence-electron chi connectivity index (χ3n) is 11.4. The quantitative estimate of drug-likeness (QED) is 0.174. The normalized spacial score (nSPS) is 13.1. The van der Waals surface area contributed by atoms with Crippen molar-refractivity contribution in [3.63, 3.8) is 0 Å². The van der Waals surface area contributed by atoms with Gasteiger partial charge in [-0.25, -0.2) is 4.98 Å². The molecule has 2 heterocycles. The molecule has 1 aliphatic carbocycles. The summed E-state index contributed by atoms with van der Waals surface area (Å²) in [7, 11) is 0. The average Bonchev–Trinajstić information content (AvgIpc) is 3.55. The summed E-state index contributed by atoms with van der Waals surface area (Å²) < 4.78 is 0. The number of hydrogen-bond donors (Lipinski definition) is 0. The Balaban J connectivity index is 1.13. The van der Waals surface area contributed by atoms with Crippen LogP contribution in [0, 0.1) is 0 Å². The maximum Gasteiger partial charge on any atom is 0.0972 e. The van der Waals surface area contributed by atoms with Gasteiger partial charge >= 0.3 is 0 Å². The number of rotatable bonds is 4. The Kier molecular flexibility index (Phi) is 6.50. The monoisotopic (exact) mass is 672 g/mol. The topological polar surface area (TPSA) is 25.8 Å². The average molecular weight is 673 g/mol. The third-order valence-corrected chi connectivity index (χ3v) is 11.4. The summed E-state index contributed by atoms with van der Waals surface area (Å²) in [6.07, 6.45) is 1.84. The zero-order valence-electron chi connectivity index (χ0n) is 28.9. The van der Waals surface area contributed by atoms with Gasteiger partial charge < -0.3 is 0 Å². The fourth-order valence-electron chi connectivity index (χ4n) is 9.08. The second-order valence-electron chi connectivity index (χ2n) is 14.1. The first kappa shape index (κ1) is 29.8. The highest BCUT2D eigenvalue weighted by atomic mass is 14.7. The van der Waals surface area contributed by atoms with E-state index in [9.17, 15) is 0 Å². The number of hydrogen-bond acceptors (Lipinski definition) is 2. The molecule has 0 saturated carbocycles. The Hall–Kier alpha value is -6.90. The highest BCUT2D eigenvalue weighted by Gasteiger charge is 2.47. The summed E-state index contributed by atoms with van der Waals surface area (Å²) in [5.74, 6) is 0. The van der Waals surface area contributed by atoms with Crippen LogP contribution in [-0.2, 0) is 5.41 Å². The van der Waals surface area contributed by atoms with Crippen LogP contribution in [0.4, 0.5) is 0 Å². The van der Waals surface area contributed by atoms with Gasteiger partial charge in [0, 0.05) is 22.5 Å². The Labute approximate surface area is 307 Å². The maximum atomic E-state index is 5.12. The molecule has 0 bridgehead atoms. The minimum Gasteiger partial charge on any atom is -0.254 e. The van der Waals surface area contributed by atoms with E-state index in [-0.39, 0.29) is 0 Å². The molecule has 53 heavy (non-hydrogen) atoms. The lowest BCUT2D eigenvalue weighted by atomic mass is 9.66. The maximum absolute atomic E-state index is 5.12. The zero-order valence-corrected chi connectivity index (χ0v) is 28.9. The van der Waals surface area contributed by atoms with E-state index in [1.165, 1.54) is 66.1 Å². The molecule has 10 aromatic rings. The van der Waals surface area contributed by atoms with Gasteiger partial charge in [-0.15, -0.1) is 0 Å². The lowest BCUT2D eigenvalue weighted by Crippen LogP contribution is -2.28. The molecule has 246 valence electrons. The van der Waals surface area contributed by atoms with Gasteiger partial charge in [-0.05, 0) is 84.3 Å². The molecule has 0 amide bonds. The molecule has 2 nitrogen and oxygen atoms in total. The van der Waals surface area contributed by atoms with Crippen LogP contribution in [0.15, 0.2) is 194 Å². The Bertz CT molecular complexity index is 3000. The lowest BCUT2D eigenvalue weighted by Gasteiger charge is -2.35. The fraction of sp³-hybridized carbons (Fsp3) is 0.0196. The molecule has 2 aromatic heterocycles. The molecular weight excluding hydrogens is 641 g/mol. The van der Waals surface area contributed by atoms with Gasteiger partial charge in [0.05, 0.1) is 22.1 Å². The van der Waals surface area contributed by atoms with Crippen molar-refractivity contribution in [2.75, 3.05) is 0 Å². The van der Waals surface area contributed by atoms with E-state index in [4.69, 9.17) is 4.98 Å². The zero-order chi connectivity index (χ0) is 34.9. The fourth-order valence-corrected chi connectivity index (χ4v) is 9.08. The molecular formula is C51H32N2. The van der Waals surface area contributed by atoms with Crippen molar-refractivity contribution in [2.24, 2.45) is 0 Å². The van der Waals surface area contributed by atoms with E-state index in [2.05, 4.69) is 187 Å². The molecule has 0 N–H and O–H groups in total. The van der Waals surface area contributed by atoms with Crippen molar-refractivity contribution in [1.29, 1.82) is 0 Å². The second kappa shape index (κ2) is 11.6. The molecule has 8 aromatic carbocycles. The van der Waals surface area contributed by atoms with Crippen molar-refractivity contribution >= 4 is 43.4 Å². The first-order chi connectivity index (χ1) is 26.3. The van der Waals surface area contributed by atoms with Crippen LogP contribution in [0.3, 0.4) is 0 Å². The van der Waals surface area contributed by atoms with E-state index >= 15 is 0 Å². The lowest BCUT2D eigenvalue weighted by molar-refractivity contribution is 0.776. The molecule has 2 heteroatoms. The molecule has 0 aliphatic heterocycles. The summed E-state index contributed by atoms with van der Waals surface area (Å²) in [6, 6.07) is 68.7. The van der Waals surface area contributed by atoms with Gasteiger partial charge in [0.1, 0.15) is 0 Å². The summed E-state index contributed by atoms with van der Waals surface area (Å²) in [6.45, 7) is 0. The number of benzene rings is 8. The largest absolute Gasteiger partial charge is 0.254 e. The number of aromatic nitrogens is 2. The van der Waals surface area contributed by atoms with Crippen LogP contribution in [0.1, 0.15) is 22.3 Å². The highest BCUT2D eigenvalue weighted by Crippen LogP contribution is 2.59. The molecule has 0 fully saturated rings. The summed E-state index contributed by atoms with van der Waals surface area (Å²) in [4.78, 5) is 9.78. The Morgan fingerprint density at radius 2 is 1.02 bits per heavy atom. The van der Waals surface area contributed by atoms with E-state index in [1.807, 2.05) is 12.3 Å². The number of pyridine rings is 2.